The number of nitrogens with zero attached hydrogens (tertiary/aromatic N) is 3. The largest absolute Gasteiger partial charge is 0.355 e. The Morgan fingerprint density at radius 3 is 2.61 bits per heavy atom. The van der Waals surface area contributed by atoms with Gasteiger partial charge in [0.1, 0.15) is 6.54 Å². The number of hydrogen-bond donors (Lipinski definition) is 1. The Morgan fingerprint density at radius 2 is 1.85 bits per heavy atom. The van der Waals surface area contributed by atoms with Crippen LogP contribution in [0, 0.1) is 6.92 Å². The smallest absolute Gasteiger partial charge is 0.261 e. The molecule has 6 nitrogen and oxygen atoms in total. The van der Waals surface area contributed by atoms with Gasteiger partial charge < -0.3 is 20.0 Å². The van der Waals surface area contributed by atoms with Crippen molar-refractivity contribution >= 4 is 29.7 Å². The third kappa shape index (κ3) is 6.61. The Bertz CT molecular complexity index is 848. The summed E-state index contributed by atoms with van der Waals surface area (Å²) in [6.45, 7) is 8.34. The number of carbonyl (C=O) groups is 2. The van der Waals surface area contributed by atoms with Crippen LogP contribution in [-0.2, 0) is 9.59 Å². The summed E-state index contributed by atoms with van der Waals surface area (Å²) < 4.78 is 0. The summed E-state index contributed by atoms with van der Waals surface area (Å²) in [4.78, 5) is 33.6. The summed E-state index contributed by atoms with van der Waals surface area (Å²) in [5.74, 6) is -0.0241. The minimum Gasteiger partial charge on any atom is -0.355 e. The van der Waals surface area contributed by atoms with Gasteiger partial charge in [-0.2, -0.15) is 0 Å². The molecule has 2 heterocycles. The molecule has 2 aliphatic heterocycles. The SMILES string of the molecule is Cc1ccc(/C=C2/SC3CCCCC3N(CC(=O)NCCCN3CCN(C)CC3)C2=O)cc1. The van der Waals surface area contributed by atoms with E-state index in [1.54, 1.807) is 11.8 Å². The lowest BCUT2D eigenvalue weighted by molar-refractivity contribution is -0.135. The average molecular weight is 471 g/mol. The molecular weight excluding hydrogens is 432 g/mol. The topological polar surface area (TPSA) is 55.9 Å². The predicted molar refractivity (Wildman–Crippen MR) is 136 cm³/mol. The van der Waals surface area contributed by atoms with Crippen molar-refractivity contribution in [1.29, 1.82) is 0 Å². The second kappa shape index (κ2) is 11.5. The fourth-order valence-electron chi connectivity index (χ4n) is 4.99. The van der Waals surface area contributed by atoms with E-state index < -0.39 is 0 Å². The van der Waals surface area contributed by atoms with E-state index in [0.717, 1.165) is 68.9 Å². The van der Waals surface area contributed by atoms with Crippen molar-refractivity contribution in [2.24, 2.45) is 0 Å². The van der Waals surface area contributed by atoms with Crippen LogP contribution in [0.3, 0.4) is 0 Å². The molecule has 4 rings (SSSR count). The number of thioether (sulfide) groups is 1. The molecule has 0 bridgehead atoms. The van der Waals surface area contributed by atoms with Crippen molar-refractivity contribution in [3.63, 3.8) is 0 Å². The molecule has 1 aromatic rings. The molecule has 1 aromatic carbocycles. The normalized spacial score (nSPS) is 25.8. The van der Waals surface area contributed by atoms with E-state index in [9.17, 15) is 9.59 Å². The van der Waals surface area contributed by atoms with Crippen LogP contribution in [0.5, 0.6) is 0 Å². The van der Waals surface area contributed by atoms with E-state index in [4.69, 9.17) is 0 Å². The lowest BCUT2D eigenvalue weighted by atomic mass is 9.93. The summed E-state index contributed by atoms with van der Waals surface area (Å²) >= 11 is 1.72. The number of fused-ring (bicyclic) bond motifs is 1. The molecule has 180 valence electrons. The van der Waals surface area contributed by atoms with Crippen molar-refractivity contribution in [1.82, 2.24) is 20.0 Å². The van der Waals surface area contributed by atoms with Crippen LogP contribution in [0.15, 0.2) is 29.2 Å². The van der Waals surface area contributed by atoms with E-state index in [1.807, 2.05) is 11.0 Å². The van der Waals surface area contributed by atoms with Crippen LogP contribution < -0.4 is 5.32 Å². The number of carbonyl (C=O) groups excluding carboxylic acids is 2. The number of hydrogen-bond acceptors (Lipinski definition) is 5. The van der Waals surface area contributed by atoms with Gasteiger partial charge in [0, 0.05) is 44.0 Å². The predicted octanol–water partition coefficient (Wildman–Crippen LogP) is 2.98. The molecule has 3 fully saturated rings. The Hall–Kier alpha value is -1.83. The zero-order valence-electron chi connectivity index (χ0n) is 20.1. The van der Waals surface area contributed by atoms with Crippen LogP contribution >= 0.6 is 11.8 Å². The van der Waals surface area contributed by atoms with Gasteiger partial charge in [0.25, 0.3) is 5.91 Å². The summed E-state index contributed by atoms with van der Waals surface area (Å²) in [5, 5.41) is 3.46. The number of aryl methyl sites for hydroxylation is 1. The highest BCUT2D eigenvalue weighted by Gasteiger charge is 2.41. The first-order valence-electron chi connectivity index (χ1n) is 12.4. The first kappa shape index (κ1) is 24.3. The minimum atomic E-state index is -0.0346. The summed E-state index contributed by atoms with van der Waals surface area (Å²) in [7, 11) is 2.16. The van der Waals surface area contributed by atoms with E-state index >= 15 is 0 Å². The molecule has 0 radical (unpaired) electrons. The number of benzene rings is 1. The van der Waals surface area contributed by atoms with Crippen LogP contribution in [0.2, 0.25) is 0 Å². The monoisotopic (exact) mass is 470 g/mol. The Labute approximate surface area is 202 Å². The maximum atomic E-state index is 13.4. The van der Waals surface area contributed by atoms with Gasteiger partial charge >= 0.3 is 0 Å². The standard InChI is InChI=1S/C26H38N4O2S/c1-20-8-10-21(11-9-20)18-24-26(32)30(22-6-3-4-7-23(22)33-24)19-25(31)27-12-5-13-29-16-14-28(2)15-17-29/h8-11,18,22-23H,3-7,12-17,19H2,1-2H3,(H,27,31)/b24-18+. The van der Waals surface area contributed by atoms with Gasteiger partial charge in [0.15, 0.2) is 0 Å². The molecular formula is C26H38N4O2S. The summed E-state index contributed by atoms with van der Waals surface area (Å²) in [5.41, 5.74) is 2.25. The molecule has 2 amide bonds. The molecule has 1 N–H and O–H groups in total. The second-order valence-electron chi connectivity index (χ2n) is 9.71. The van der Waals surface area contributed by atoms with Gasteiger partial charge in [-0.1, -0.05) is 42.7 Å². The molecule has 7 heteroatoms. The highest BCUT2D eigenvalue weighted by Crippen LogP contribution is 2.42. The lowest BCUT2D eigenvalue weighted by Crippen LogP contribution is -2.54. The quantitative estimate of drug-likeness (QED) is 0.491. The van der Waals surface area contributed by atoms with Crippen LogP contribution in [0.4, 0.5) is 0 Å². The maximum absolute atomic E-state index is 13.4. The Morgan fingerprint density at radius 1 is 1.12 bits per heavy atom. The van der Waals surface area contributed by atoms with Gasteiger partial charge in [0.05, 0.1) is 4.91 Å². The number of piperazine rings is 1. The van der Waals surface area contributed by atoms with Crippen LogP contribution in [0.1, 0.15) is 43.2 Å². The second-order valence-corrected chi connectivity index (χ2v) is 11.0. The molecule has 1 saturated carbocycles. The average Bonchev–Trinajstić information content (AvgIpc) is 2.82. The molecule has 0 aromatic heterocycles. The molecule has 3 aliphatic rings. The van der Waals surface area contributed by atoms with Crippen molar-refractivity contribution < 1.29 is 9.59 Å². The van der Waals surface area contributed by atoms with E-state index in [-0.39, 0.29) is 24.4 Å². The van der Waals surface area contributed by atoms with Gasteiger partial charge in [-0.05, 0) is 51.4 Å². The maximum Gasteiger partial charge on any atom is 0.261 e. The molecule has 33 heavy (non-hydrogen) atoms. The number of amides is 2. The van der Waals surface area contributed by atoms with Gasteiger partial charge in [-0.25, -0.2) is 0 Å². The Balaban J connectivity index is 1.33. The molecule has 1 aliphatic carbocycles. The first-order valence-corrected chi connectivity index (χ1v) is 13.3. The lowest BCUT2D eigenvalue weighted by Gasteiger charge is -2.43. The zero-order valence-corrected chi connectivity index (χ0v) is 20.9. The molecule has 2 atom stereocenters. The highest BCUT2D eigenvalue weighted by molar-refractivity contribution is 8.04. The summed E-state index contributed by atoms with van der Waals surface area (Å²) in [6, 6.07) is 8.42. The van der Waals surface area contributed by atoms with Crippen molar-refractivity contribution in [2.75, 3.05) is 52.9 Å². The first-order chi connectivity index (χ1) is 16.0. The third-order valence-corrected chi connectivity index (χ3v) is 8.48. The number of likely N-dealkylation sites (N-methyl/N-ethyl adjacent to an activating group) is 1. The fraction of sp³-hybridized carbons (Fsp3) is 0.615. The number of rotatable bonds is 7. The highest BCUT2D eigenvalue weighted by atomic mass is 32.2. The minimum absolute atomic E-state index is 0.0105. The van der Waals surface area contributed by atoms with Gasteiger partial charge in [-0.15, -0.1) is 11.8 Å². The number of nitrogens with one attached hydrogen (secondary N) is 1. The van der Waals surface area contributed by atoms with Crippen molar-refractivity contribution in [2.45, 2.75) is 50.3 Å². The molecule has 2 saturated heterocycles. The van der Waals surface area contributed by atoms with E-state index in [1.165, 1.54) is 12.0 Å². The van der Waals surface area contributed by atoms with Crippen LogP contribution in [0.25, 0.3) is 6.08 Å². The Kier molecular flexibility index (Phi) is 8.50. The zero-order chi connectivity index (χ0) is 23.2. The molecule has 0 spiro atoms. The van der Waals surface area contributed by atoms with Crippen LogP contribution in [-0.4, -0.2) is 90.7 Å². The summed E-state index contributed by atoms with van der Waals surface area (Å²) in [6.07, 6.45) is 7.39. The van der Waals surface area contributed by atoms with Gasteiger partial charge in [0.2, 0.25) is 5.91 Å². The molecule has 2 unspecified atom stereocenters. The van der Waals surface area contributed by atoms with Crippen molar-refractivity contribution in [3.05, 3.63) is 40.3 Å². The van der Waals surface area contributed by atoms with E-state index in [0.29, 0.717) is 11.8 Å². The fourth-order valence-corrected chi connectivity index (χ4v) is 6.46. The third-order valence-electron chi connectivity index (χ3n) is 7.08. The van der Waals surface area contributed by atoms with Crippen molar-refractivity contribution in [3.8, 4) is 0 Å². The van der Waals surface area contributed by atoms with E-state index in [2.05, 4.69) is 53.4 Å². The van der Waals surface area contributed by atoms with Gasteiger partial charge in [-0.3, -0.25) is 9.59 Å².